The highest BCUT2D eigenvalue weighted by Crippen LogP contribution is 1.99. The number of carbonyl (C=O) groups excluding carboxylic acids is 1. The molecule has 1 aliphatic rings. The average Bonchev–Trinajstić information content (AvgIpc) is 2.46. The van der Waals surface area contributed by atoms with Crippen molar-refractivity contribution in [2.75, 3.05) is 59.2 Å². The van der Waals surface area contributed by atoms with Crippen LogP contribution in [-0.4, -0.2) is 74.9 Å². The maximum atomic E-state index is 11.9. The summed E-state index contributed by atoms with van der Waals surface area (Å²) in [6.45, 7) is 7.77. The van der Waals surface area contributed by atoms with Crippen LogP contribution in [0, 0.1) is 11.3 Å². The van der Waals surface area contributed by atoms with Crippen LogP contribution in [0.15, 0.2) is 0 Å². The number of amides is 1. The van der Waals surface area contributed by atoms with Gasteiger partial charge in [0, 0.05) is 39.3 Å². The Bertz CT molecular complexity index is 298. The molecule has 108 valence electrons. The van der Waals surface area contributed by atoms with E-state index in [1.54, 1.807) is 4.90 Å². The first-order chi connectivity index (χ1) is 9.27. The molecular formula is C13H23N3O3. The maximum absolute atomic E-state index is 11.9. The van der Waals surface area contributed by atoms with Gasteiger partial charge in [-0.15, -0.1) is 0 Å². The number of rotatable bonds is 8. The lowest BCUT2D eigenvalue weighted by Gasteiger charge is -2.29. The molecule has 0 bridgehead atoms. The number of hydrogen-bond donors (Lipinski definition) is 0. The fourth-order valence-electron chi connectivity index (χ4n) is 1.91. The van der Waals surface area contributed by atoms with Crippen LogP contribution < -0.4 is 0 Å². The topological polar surface area (TPSA) is 65.8 Å². The molecule has 1 heterocycles. The van der Waals surface area contributed by atoms with E-state index in [0.29, 0.717) is 26.1 Å². The summed E-state index contributed by atoms with van der Waals surface area (Å²) < 4.78 is 10.4. The molecule has 1 aliphatic heterocycles. The molecule has 6 heteroatoms. The summed E-state index contributed by atoms with van der Waals surface area (Å²) in [5.74, 6) is -0.0367. The van der Waals surface area contributed by atoms with E-state index in [1.807, 2.05) is 6.92 Å². The third-order valence-electron chi connectivity index (χ3n) is 3.07. The van der Waals surface area contributed by atoms with Gasteiger partial charge < -0.3 is 14.4 Å². The summed E-state index contributed by atoms with van der Waals surface area (Å²) in [6, 6.07) is 2.08. The predicted molar refractivity (Wildman–Crippen MR) is 70.6 cm³/mol. The van der Waals surface area contributed by atoms with Gasteiger partial charge in [0.05, 0.1) is 25.7 Å². The molecule has 0 saturated carbocycles. The third-order valence-corrected chi connectivity index (χ3v) is 3.07. The summed E-state index contributed by atoms with van der Waals surface area (Å²) in [4.78, 5) is 15.9. The molecule has 0 aliphatic carbocycles. The second-order valence-electron chi connectivity index (χ2n) is 4.38. The van der Waals surface area contributed by atoms with E-state index in [2.05, 4.69) is 11.0 Å². The third kappa shape index (κ3) is 6.53. The Labute approximate surface area is 114 Å². The van der Waals surface area contributed by atoms with E-state index in [0.717, 1.165) is 32.8 Å². The van der Waals surface area contributed by atoms with Crippen molar-refractivity contribution in [3.63, 3.8) is 0 Å². The molecular weight excluding hydrogens is 246 g/mol. The predicted octanol–water partition coefficient (Wildman–Crippen LogP) is 0.0974. The van der Waals surface area contributed by atoms with Crippen molar-refractivity contribution in [3.8, 4) is 6.07 Å². The maximum Gasteiger partial charge on any atom is 0.248 e. The van der Waals surface area contributed by atoms with E-state index >= 15 is 0 Å². The van der Waals surface area contributed by atoms with Crippen LogP contribution in [0.3, 0.4) is 0 Å². The lowest BCUT2D eigenvalue weighted by atomic mass is 10.3. The zero-order chi connectivity index (χ0) is 13.9. The van der Waals surface area contributed by atoms with Crippen LogP contribution in [0.25, 0.3) is 0 Å². The summed E-state index contributed by atoms with van der Waals surface area (Å²) >= 11 is 0. The number of nitrogens with zero attached hydrogens (tertiary/aromatic N) is 3. The van der Waals surface area contributed by atoms with Crippen molar-refractivity contribution in [3.05, 3.63) is 0 Å². The smallest absolute Gasteiger partial charge is 0.248 e. The first kappa shape index (κ1) is 15.9. The zero-order valence-electron chi connectivity index (χ0n) is 11.6. The molecule has 0 radical (unpaired) electrons. The Morgan fingerprint density at radius 3 is 2.79 bits per heavy atom. The molecule has 1 amide bonds. The van der Waals surface area contributed by atoms with Gasteiger partial charge in [-0.3, -0.25) is 9.69 Å². The fraction of sp³-hybridized carbons (Fsp3) is 0.846. The van der Waals surface area contributed by atoms with Crippen molar-refractivity contribution < 1.29 is 14.3 Å². The molecule has 1 fully saturated rings. The molecule has 0 aromatic rings. The Kier molecular flexibility index (Phi) is 8.14. The Morgan fingerprint density at radius 2 is 2.16 bits per heavy atom. The molecule has 1 saturated heterocycles. The summed E-state index contributed by atoms with van der Waals surface area (Å²) in [5.41, 5.74) is 0. The number of nitriles is 1. The average molecular weight is 269 g/mol. The highest BCUT2D eigenvalue weighted by atomic mass is 16.5. The summed E-state index contributed by atoms with van der Waals surface area (Å²) in [5, 5.41) is 8.64. The molecule has 0 aromatic heterocycles. The van der Waals surface area contributed by atoms with Crippen LogP contribution in [0.2, 0.25) is 0 Å². The van der Waals surface area contributed by atoms with E-state index in [-0.39, 0.29) is 12.5 Å². The molecule has 0 unspecified atom stereocenters. The first-order valence-corrected chi connectivity index (χ1v) is 6.80. The summed E-state index contributed by atoms with van der Waals surface area (Å²) in [6.07, 6.45) is 0.362. The van der Waals surface area contributed by atoms with Crippen LogP contribution in [-0.2, 0) is 14.3 Å². The highest BCUT2D eigenvalue weighted by Gasteiger charge is 2.16. The minimum absolute atomic E-state index is 0.0367. The Balaban J connectivity index is 2.34. The van der Waals surface area contributed by atoms with Crippen LogP contribution in [0.4, 0.5) is 0 Å². The van der Waals surface area contributed by atoms with E-state index in [4.69, 9.17) is 14.7 Å². The molecule has 0 aromatic carbocycles. The van der Waals surface area contributed by atoms with E-state index in [9.17, 15) is 4.79 Å². The number of carbonyl (C=O) groups is 1. The van der Waals surface area contributed by atoms with Crippen molar-refractivity contribution in [1.82, 2.24) is 9.80 Å². The van der Waals surface area contributed by atoms with E-state index < -0.39 is 0 Å². The van der Waals surface area contributed by atoms with Gasteiger partial charge in [-0.1, -0.05) is 0 Å². The minimum atomic E-state index is -0.0367. The van der Waals surface area contributed by atoms with Crippen molar-refractivity contribution in [2.24, 2.45) is 0 Å². The molecule has 19 heavy (non-hydrogen) atoms. The van der Waals surface area contributed by atoms with Gasteiger partial charge >= 0.3 is 0 Å². The molecule has 1 rings (SSSR count). The number of hydrogen-bond acceptors (Lipinski definition) is 5. The molecule has 0 N–H and O–H groups in total. The highest BCUT2D eigenvalue weighted by molar-refractivity contribution is 5.77. The van der Waals surface area contributed by atoms with Gasteiger partial charge in [-0.05, 0) is 6.92 Å². The van der Waals surface area contributed by atoms with Crippen molar-refractivity contribution in [2.45, 2.75) is 13.3 Å². The van der Waals surface area contributed by atoms with Gasteiger partial charge in [-0.2, -0.15) is 5.26 Å². The second kappa shape index (κ2) is 9.73. The minimum Gasteiger partial charge on any atom is -0.379 e. The van der Waals surface area contributed by atoms with Gasteiger partial charge in [0.15, 0.2) is 0 Å². The summed E-state index contributed by atoms with van der Waals surface area (Å²) in [7, 11) is 0. The van der Waals surface area contributed by atoms with Gasteiger partial charge in [0.2, 0.25) is 5.91 Å². The lowest BCUT2D eigenvalue weighted by molar-refractivity contribution is -0.136. The second-order valence-corrected chi connectivity index (χ2v) is 4.38. The Hall–Kier alpha value is -1.16. The SMILES string of the molecule is CCOCC(=O)N(CCC#N)CCN1CCOCC1. The monoisotopic (exact) mass is 269 g/mol. The van der Waals surface area contributed by atoms with Gasteiger partial charge in [-0.25, -0.2) is 0 Å². The van der Waals surface area contributed by atoms with Crippen molar-refractivity contribution in [1.29, 1.82) is 5.26 Å². The van der Waals surface area contributed by atoms with E-state index in [1.165, 1.54) is 0 Å². The Morgan fingerprint density at radius 1 is 1.42 bits per heavy atom. The molecule has 0 atom stereocenters. The number of morpholine rings is 1. The quantitative estimate of drug-likeness (QED) is 0.625. The van der Waals surface area contributed by atoms with Gasteiger partial charge in [0.1, 0.15) is 6.61 Å². The zero-order valence-corrected chi connectivity index (χ0v) is 11.6. The fourth-order valence-corrected chi connectivity index (χ4v) is 1.91. The van der Waals surface area contributed by atoms with Crippen LogP contribution in [0.5, 0.6) is 0 Å². The largest absolute Gasteiger partial charge is 0.379 e. The normalized spacial score (nSPS) is 16.0. The molecule has 0 spiro atoms. The molecule has 6 nitrogen and oxygen atoms in total. The van der Waals surface area contributed by atoms with Gasteiger partial charge in [0.25, 0.3) is 0 Å². The van der Waals surface area contributed by atoms with Crippen molar-refractivity contribution >= 4 is 5.91 Å². The standard InChI is InChI=1S/C13H23N3O3/c1-2-18-12-13(17)16(5-3-4-14)7-6-15-8-10-19-11-9-15/h2-3,5-12H2,1H3. The number of ether oxygens (including phenoxy) is 2. The van der Waals surface area contributed by atoms with Crippen LogP contribution >= 0.6 is 0 Å². The first-order valence-electron chi connectivity index (χ1n) is 6.80. The van der Waals surface area contributed by atoms with Crippen LogP contribution in [0.1, 0.15) is 13.3 Å². The lowest BCUT2D eigenvalue weighted by Crippen LogP contribution is -2.44.